The van der Waals surface area contributed by atoms with Crippen molar-refractivity contribution in [2.24, 2.45) is 0 Å². The van der Waals surface area contributed by atoms with E-state index in [1.54, 1.807) is 12.1 Å². The number of benzene rings is 1. The SMILES string of the molecule is C[Si](C)(C)CCOCn1nc(F)c2cc(C#CCC(F)(F)F)ccc21. The van der Waals surface area contributed by atoms with Crippen LogP contribution in [0.15, 0.2) is 18.2 Å². The average Bonchev–Trinajstić information content (AvgIpc) is 2.78. The standard InChI is InChI=1S/C17H20F4N2OSi/c1-25(2,3)10-9-24-12-23-15-7-6-13(5-4-8-17(19,20)21)11-14(15)16(18)22-23/h6-7,11H,8-10,12H2,1-3H3. The Bertz CT molecular complexity index is 797. The van der Waals surface area contributed by atoms with Crippen molar-refractivity contribution in [3.05, 3.63) is 29.7 Å². The summed E-state index contributed by atoms with van der Waals surface area (Å²) in [7, 11) is -1.20. The number of alkyl halides is 3. The van der Waals surface area contributed by atoms with E-state index in [0.29, 0.717) is 17.7 Å². The summed E-state index contributed by atoms with van der Waals surface area (Å²) in [6.45, 7) is 7.42. The molecule has 136 valence electrons. The molecule has 0 saturated heterocycles. The zero-order chi connectivity index (χ0) is 18.7. The first kappa shape index (κ1) is 19.5. The zero-order valence-corrected chi connectivity index (χ0v) is 15.4. The molecule has 0 aliphatic carbocycles. The molecule has 0 N–H and O–H groups in total. The summed E-state index contributed by atoms with van der Waals surface area (Å²) in [6.07, 6.45) is -5.53. The summed E-state index contributed by atoms with van der Waals surface area (Å²) in [5, 5.41) is 4.01. The lowest BCUT2D eigenvalue weighted by atomic mass is 10.1. The van der Waals surface area contributed by atoms with Gasteiger partial charge in [0.05, 0.1) is 10.9 Å². The number of aromatic nitrogens is 2. The highest BCUT2D eigenvalue weighted by Gasteiger charge is 2.25. The molecule has 8 heteroatoms. The van der Waals surface area contributed by atoms with Crippen molar-refractivity contribution >= 4 is 19.0 Å². The molecule has 0 saturated carbocycles. The lowest BCUT2D eigenvalue weighted by molar-refractivity contribution is -0.123. The number of ether oxygens (including phenoxy) is 1. The van der Waals surface area contributed by atoms with Crippen molar-refractivity contribution < 1.29 is 22.3 Å². The third-order valence-electron chi connectivity index (χ3n) is 3.44. The van der Waals surface area contributed by atoms with Crippen LogP contribution in [0.2, 0.25) is 25.7 Å². The molecule has 2 rings (SSSR count). The molecule has 0 unspecified atom stereocenters. The maximum Gasteiger partial charge on any atom is 0.399 e. The van der Waals surface area contributed by atoms with E-state index in [1.807, 2.05) is 5.92 Å². The minimum atomic E-state index is -4.33. The highest BCUT2D eigenvalue weighted by molar-refractivity contribution is 6.76. The molecule has 0 aliphatic rings. The van der Waals surface area contributed by atoms with Crippen molar-refractivity contribution in [3.8, 4) is 11.8 Å². The summed E-state index contributed by atoms with van der Waals surface area (Å²) < 4.78 is 57.3. The molecule has 0 radical (unpaired) electrons. The first-order chi connectivity index (χ1) is 11.6. The molecule has 0 amide bonds. The summed E-state index contributed by atoms with van der Waals surface area (Å²) in [4.78, 5) is 0. The minimum Gasteiger partial charge on any atom is -0.360 e. The Kier molecular flexibility index (Phi) is 5.90. The zero-order valence-electron chi connectivity index (χ0n) is 14.4. The Balaban J connectivity index is 2.10. The first-order valence-electron chi connectivity index (χ1n) is 7.85. The predicted molar refractivity (Wildman–Crippen MR) is 91.3 cm³/mol. The van der Waals surface area contributed by atoms with Gasteiger partial charge in [-0.3, -0.25) is 0 Å². The van der Waals surface area contributed by atoms with Crippen LogP contribution in [0.5, 0.6) is 0 Å². The smallest absolute Gasteiger partial charge is 0.360 e. The summed E-state index contributed by atoms with van der Waals surface area (Å²) in [5.41, 5.74) is 0.835. The van der Waals surface area contributed by atoms with E-state index in [0.717, 1.165) is 6.04 Å². The highest BCUT2D eigenvalue weighted by atomic mass is 28.3. The maximum absolute atomic E-state index is 14.0. The normalized spacial score (nSPS) is 12.3. The number of fused-ring (bicyclic) bond motifs is 1. The fourth-order valence-corrected chi connectivity index (χ4v) is 2.85. The quantitative estimate of drug-likeness (QED) is 0.327. The van der Waals surface area contributed by atoms with Crippen LogP contribution in [0.3, 0.4) is 0 Å². The van der Waals surface area contributed by atoms with E-state index in [2.05, 4.69) is 30.7 Å². The Morgan fingerprint density at radius 3 is 2.60 bits per heavy atom. The average molecular weight is 372 g/mol. The van der Waals surface area contributed by atoms with Gasteiger partial charge in [-0.25, -0.2) is 4.68 Å². The topological polar surface area (TPSA) is 27.1 Å². The van der Waals surface area contributed by atoms with Gasteiger partial charge in [-0.1, -0.05) is 31.5 Å². The van der Waals surface area contributed by atoms with Crippen LogP contribution in [-0.2, 0) is 11.5 Å². The van der Waals surface area contributed by atoms with Crippen LogP contribution < -0.4 is 0 Å². The van der Waals surface area contributed by atoms with Crippen LogP contribution in [0.4, 0.5) is 17.6 Å². The van der Waals surface area contributed by atoms with Gasteiger partial charge in [0.2, 0.25) is 5.95 Å². The molecule has 0 fully saturated rings. The summed E-state index contributed by atoms with van der Waals surface area (Å²) in [6, 6.07) is 5.53. The van der Waals surface area contributed by atoms with Crippen molar-refractivity contribution in [2.75, 3.05) is 6.61 Å². The van der Waals surface area contributed by atoms with Gasteiger partial charge >= 0.3 is 6.18 Å². The van der Waals surface area contributed by atoms with Crippen LogP contribution in [-0.4, -0.2) is 30.6 Å². The van der Waals surface area contributed by atoms with Crippen LogP contribution in [0.1, 0.15) is 12.0 Å². The fraction of sp³-hybridized carbons (Fsp3) is 0.471. The molecule has 2 aromatic rings. The Hall–Kier alpha value is -1.85. The Labute approximate surface area is 145 Å². The molecule has 1 aromatic heterocycles. The number of halogens is 4. The molecule has 1 aromatic carbocycles. The van der Waals surface area contributed by atoms with Gasteiger partial charge in [0.1, 0.15) is 13.2 Å². The first-order valence-corrected chi connectivity index (χ1v) is 11.6. The van der Waals surface area contributed by atoms with Gasteiger partial charge in [-0.2, -0.15) is 17.6 Å². The van der Waals surface area contributed by atoms with Crippen molar-refractivity contribution in [2.45, 2.75) is 45.0 Å². The molecule has 0 aliphatic heterocycles. The fourth-order valence-electron chi connectivity index (χ4n) is 2.09. The van der Waals surface area contributed by atoms with Gasteiger partial charge in [-0.15, -0.1) is 5.10 Å². The predicted octanol–water partition coefficient (Wildman–Crippen LogP) is 4.79. The molecule has 0 atom stereocenters. The Morgan fingerprint density at radius 1 is 1.24 bits per heavy atom. The van der Waals surface area contributed by atoms with E-state index < -0.39 is 26.6 Å². The van der Waals surface area contributed by atoms with Crippen molar-refractivity contribution in [3.63, 3.8) is 0 Å². The van der Waals surface area contributed by atoms with E-state index in [1.165, 1.54) is 10.7 Å². The molecule has 1 heterocycles. The van der Waals surface area contributed by atoms with E-state index in [-0.39, 0.29) is 12.1 Å². The molecule has 0 spiro atoms. The number of hydrogen-bond acceptors (Lipinski definition) is 2. The van der Waals surface area contributed by atoms with Crippen LogP contribution in [0, 0.1) is 17.8 Å². The van der Waals surface area contributed by atoms with Crippen molar-refractivity contribution in [1.29, 1.82) is 0 Å². The minimum absolute atomic E-state index is 0.129. The van der Waals surface area contributed by atoms with Gasteiger partial charge in [-0.05, 0) is 24.2 Å². The van der Waals surface area contributed by atoms with Crippen LogP contribution in [0.25, 0.3) is 10.9 Å². The molecule has 3 nitrogen and oxygen atoms in total. The second-order valence-electron chi connectivity index (χ2n) is 6.96. The molecular formula is C17H20F4N2OSi. The largest absolute Gasteiger partial charge is 0.399 e. The number of hydrogen-bond donors (Lipinski definition) is 0. The monoisotopic (exact) mass is 372 g/mol. The van der Waals surface area contributed by atoms with Gasteiger partial charge in [0.15, 0.2) is 0 Å². The molecule has 0 bridgehead atoms. The van der Waals surface area contributed by atoms with E-state index in [4.69, 9.17) is 4.74 Å². The van der Waals surface area contributed by atoms with Crippen LogP contribution >= 0.6 is 0 Å². The van der Waals surface area contributed by atoms with E-state index >= 15 is 0 Å². The molecular weight excluding hydrogens is 352 g/mol. The molecule has 25 heavy (non-hydrogen) atoms. The lowest BCUT2D eigenvalue weighted by Crippen LogP contribution is -2.22. The second-order valence-corrected chi connectivity index (χ2v) is 12.6. The third-order valence-corrected chi connectivity index (χ3v) is 5.14. The summed E-state index contributed by atoms with van der Waals surface area (Å²) in [5.74, 6) is 3.75. The third kappa shape index (κ3) is 6.18. The number of nitrogens with zero attached hydrogens (tertiary/aromatic N) is 2. The highest BCUT2D eigenvalue weighted by Crippen LogP contribution is 2.21. The van der Waals surface area contributed by atoms with Crippen molar-refractivity contribution in [1.82, 2.24) is 9.78 Å². The number of rotatable bonds is 5. The lowest BCUT2D eigenvalue weighted by Gasteiger charge is -2.15. The Morgan fingerprint density at radius 2 is 1.96 bits per heavy atom. The van der Waals surface area contributed by atoms with E-state index in [9.17, 15) is 17.6 Å². The van der Waals surface area contributed by atoms with Gasteiger partial charge < -0.3 is 4.74 Å². The maximum atomic E-state index is 14.0. The second kappa shape index (κ2) is 7.58. The summed E-state index contributed by atoms with van der Waals surface area (Å²) >= 11 is 0. The van der Waals surface area contributed by atoms with Gasteiger partial charge in [0.25, 0.3) is 0 Å². The van der Waals surface area contributed by atoms with Gasteiger partial charge in [0, 0.05) is 20.2 Å².